The van der Waals surface area contributed by atoms with E-state index in [4.69, 9.17) is 4.74 Å². The second kappa shape index (κ2) is 6.02. The molecule has 1 fully saturated rings. The molecule has 0 aromatic rings. The summed E-state index contributed by atoms with van der Waals surface area (Å²) >= 11 is 0. The minimum absolute atomic E-state index is 0.0641. The summed E-state index contributed by atoms with van der Waals surface area (Å²) in [6.07, 6.45) is 3.14. The van der Waals surface area contributed by atoms with Crippen LogP contribution < -0.4 is 0 Å². The molecule has 0 bridgehead atoms. The first-order chi connectivity index (χ1) is 6.72. The third kappa shape index (κ3) is 4.09. The van der Waals surface area contributed by atoms with Gasteiger partial charge in [0.05, 0.1) is 13.0 Å². The van der Waals surface area contributed by atoms with Crippen molar-refractivity contribution in [1.29, 1.82) is 0 Å². The van der Waals surface area contributed by atoms with E-state index in [-0.39, 0.29) is 5.97 Å². The maximum atomic E-state index is 11.1. The van der Waals surface area contributed by atoms with Crippen molar-refractivity contribution >= 4 is 5.97 Å². The van der Waals surface area contributed by atoms with E-state index in [0.29, 0.717) is 13.0 Å². The van der Waals surface area contributed by atoms with Crippen LogP contribution in [0.2, 0.25) is 0 Å². The highest BCUT2D eigenvalue weighted by Crippen LogP contribution is 2.15. The first kappa shape index (κ1) is 11.5. The Kier molecular flexibility index (Phi) is 4.94. The SMILES string of the molecule is CCOC(=O)CCN1CCC[C@H](C)C1. The highest BCUT2D eigenvalue weighted by molar-refractivity contribution is 5.69. The van der Waals surface area contributed by atoms with E-state index < -0.39 is 0 Å². The van der Waals surface area contributed by atoms with Crippen LogP contribution in [0.1, 0.15) is 33.1 Å². The van der Waals surface area contributed by atoms with E-state index in [2.05, 4.69) is 11.8 Å². The van der Waals surface area contributed by atoms with E-state index in [1.807, 2.05) is 6.92 Å². The fourth-order valence-electron chi connectivity index (χ4n) is 1.97. The summed E-state index contributed by atoms with van der Waals surface area (Å²) < 4.78 is 4.89. The third-order valence-corrected chi connectivity index (χ3v) is 2.68. The molecule has 0 aliphatic carbocycles. The van der Waals surface area contributed by atoms with E-state index in [1.54, 1.807) is 0 Å². The highest BCUT2D eigenvalue weighted by Gasteiger charge is 2.16. The van der Waals surface area contributed by atoms with Gasteiger partial charge < -0.3 is 9.64 Å². The van der Waals surface area contributed by atoms with Gasteiger partial charge in [-0.3, -0.25) is 4.79 Å². The van der Waals surface area contributed by atoms with E-state index in [9.17, 15) is 4.79 Å². The molecule has 1 atom stereocenters. The number of likely N-dealkylation sites (tertiary alicyclic amines) is 1. The van der Waals surface area contributed by atoms with Crippen molar-refractivity contribution in [3.05, 3.63) is 0 Å². The van der Waals surface area contributed by atoms with Crippen molar-refractivity contribution in [3.63, 3.8) is 0 Å². The molecule has 3 nitrogen and oxygen atoms in total. The molecular weight excluding hydrogens is 178 g/mol. The lowest BCUT2D eigenvalue weighted by molar-refractivity contribution is -0.143. The zero-order valence-corrected chi connectivity index (χ0v) is 9.29. The Balaban J connectivity index is 2.14. The van der Waals surface area contributed by atoms with Gasteiger partial charge in [0.2, 0.25) is 0 Å². The molecule has 0 spiro atoms. The zero-order valence-electron chi connectivity index (χ0n) is 9.29. The average molecular weight is 199 g/mol. The van der Waals surface area contributed by atoms with Crippen molar-refractivity contribution < 1.29 is 9.53 Å². The monoisotopic (exact) mass is 199 g/mol. The van der Waals surface area contributed by atoms with Gasteiger partial charge in [0.1, 0.15) is 0 Å². The molecule has 0 amide bonds. The van der Waals surface area contributed by atoms with Crippen molar-refractivity contribution in [3.8, 4) is 0 Å². The number of ether oxygens (including phenoxy) is 1. The second-order valence-corrected chi connectivity index (χ2v) is 4.10. The van der Waals surface area contributed by atoms with Crippen LogP contribution >= 0.6 is 0 Å². The van der Waals surface area contributed by atoms with Gasteiger partial charge in [0, 0.05) is 13.1 Å². The van der Waals surface area contributed by atoms with Crippen LogP contribution in [0.15, 0.2) is 0 Å². The molecule has 1 saturated heterocycles. The summed E-state index contributed by atoms with van der Waals surface area (Å²) in [6, 6.07) is 0. The van der Waals surface area contributed by atoms with Gasteiger partial charge in [-0.1, -0.05) is 6.92 Å². The van der Waals surface area contributed by atoms with E-state index in [1.165, 1.54) is 12.8 Å². The van der Waals surface area contributed by atoms with Crippen LogP contribution in [0.5, 0.6) is 0 Å². The second-order valence-electron chi connectivity index (χ2n) is 4.10. The maximum absolute atomic E-state index is 11.1. The van der Waals surface area contributed by atoms with Gasteiger partial charge in [0.25, 0.3) is 0 Å². The quantitative estimate of drug-likeness (QED) is 0.645. The molecule has 82 valence electrons. The Labute approximate surface area is 86.4 Å². The number of rotatable bonds is 4. The molecule has 1 heterocycles. The number of nitrogens with zero attached hydrogens (tertiary/aromatic N) is 1. The number of esters is 1. The summed E-state index contributed by atoms with van der Waals surface area (Å²) in [7, 11) is 0. The first-order valence-corrected chi connectivity index (χ1v) is 5.60. The van der Waals surface area contributed by atoms with Crippen molar-refractivity contribution in [1.82, 2.24) is 4.90 Å². The molecular formula is C11H21NO2. The van der Waals surface area contributed by atoms with Gasteiger partial charge in [0.15, 0.2) is 0 Å². The Bertz CT molecular complexity index is 182. The average Bonchev–Trinajstić information content (AvgIpc) is 2.15. The topological polar surface area (TPSA) is 29.5 Å². The lowest BCUT2D eigenvalue weighted by Gasteiger charge is -2.30. The molecule has 1 aliphatic heterocycles. The number of piperidine rings is 1. The van der Waals surface area contributed by atoms with Crippen LogP contribution in [0.25, 0.3) is 0 Å². The summed E-state index contributed by atoms with van der Waals surface area (Å²) in [5.74, 6) is 0.719. The molecule has 0 radical (unpaired) electrons. The molecule has 14 heavy (non-hydrogen) atoms. The Morgan fingerprint density at radius 2 is 2.36 bits per heavy atom. The van der Waals surface area contributed by atoms with Crippen molar-refractivity contribution in [2.45, 2.75) is 33.1 Å². The molecule has 0 N–H and O–H groups in total. The number of carbonyl (C=O) groups is 1. The predicted molar refractivity (Wildman–Crippen MR) is 56.1 cm³/mol. The summed E-state index contributed by atoms with van der Waals surface area (Å²) in [4.78, 5) is 13.5. The van der Waals surface area contributed by atoms with Crippen LogP contribution in [0, 0.1) is 5.92 Å². The summed E-state index contributed by atoms with van der Waals surface area (Å²) in [5, 5.41) is 0. The molecule has 0 aromatic carbocycles. The normalized spacial score (nSPS) is 23.4. The van der Waals surface area contributed by atoms with Gasteiger partial charge >= 0.3 is 5.97 Å². The van der Waals surface area contributed by atoms with Gasteiger partial charge in [-0.15, -0.1) is 0 Å². The zero-order chi connectivity index (χ0) is 10.4. The molecule has 0 saturated carbocycles. The van der Waals surface area contributed by atoms with Crippen LogP contribution in [-0.2, 0) is 9.53 Å². The number of carbonyl (C=O) groups excluding carboxylic acids is 1. The molecule has 0 unspecified atom stereocenters. The lowest BCUT2D eigenvalue weighted by Crippen LogP contribution is -2.35. The predicted octanol–water partition coefficient (Wildman–Crippen LogP) is 1.67. The van der Waals surface area contributed by atoms with Gasteiger partial charge in [-0.25, -0.2) is 0 Å². The van der Waals surface area contributed by atoms with Crippen molar-refractivity contribution in [2.24, 2.45) is 5.92 Å². The molecule has 0 aromatic heterocycles. The van der Waals surface area contributed by atoms with Gasteiger partial charge in [-0.2, -0.15) is 0 Å². The van der Waals surface area contributed by atoms with E-state index in [0.717, 1.165) is 25.6 Å². The van der Waals surface area contributed by atoms with Crippen LogP contribution in [0.3, 0.4) is 0 Å². The smallest absolute Gasteiger partial charge is 0.307 e. The van der Waals surface area contributed by atoms with Gasteiger partial charge in [-0.05, 0) is 32.2 Å². The number of hydrogen-bond acceptors (Lipinski definition) is 3. The minimum Gasteiger partial charge on any atom is -0.466 e. The minimum atomic E-state index is -0.0641. The molecule has 3 heteroatoms. The summed E-state index contributed by atoms with van der Waals surface area (Å²) in [5.41, 5.74) is 0. The van der Waals surface area contributed by atoms with Crippen LogP contribution in [0.4, 0.5) is 0 Å². The molecule has 1 rings (SSSR count). The Morgan fingerprint density at radius 1 is 1.57 bits per heavy atom. The van der Waals surface area contributed by atoms with E-state index >= 15 is 0 Å². The third-order valence-electron chi connectivity index (χ3n) is 2.68. The first-order valence-electron chi connectivity index (χ1n) is 5.60. The highest BCUT2D eigenvalue weighted by atomic mass is 16.5. The fourth-order valence-corrected chi connectivity index (χ4v) is 1.97. The Morgan fingerprint density at radius 3 is 3.00 bits per heavy atom. The maximum Gasteiger partial charge on any atom is 0.307 e. The molecule has 1 aliphatic rings. The fraction of sp³-hybridized carbons (Fsp3) is 0.909. The summed E-state index contributed by atoms with van der Waals surface area (Å²) in [6.45, 7) is 7.76. The standard InChI is InChI=1S/C11H21NO2/c1-3-14-11(13)6-8-12-7-4-5-10(2)9-12/h10H,3-9H2,1-2H3/t10-/m0/s1. The van der Waals surface area contributed by atoms with Crippen LogP contribution in [-0.4, -0.2) is 37.1 Å². The largest absolute Gasteiger partial charge is 0.466 e. The van der Waals surface area contributed by atoms with Crippen molar-refractivity contribution in [2.75, 3.05) is 26.2 Å². The number of hydrogen-bond donors (Lipinski definition) is 0. The lowest BCUT2D eigenvalue weighted by atomic mass is 10.0. The Hall–Kier alpha value is -0.570.